The number of hydrogen-bond acceptors (Lipinski definition) is 4. The minimum atomic E-state index is -0.324. The third-order valence-electron chi connectivity index (χ3n) is 4.18. The fraction of sp³-hybridized carbons (Fsp3) is 0.533. The quantitative estimate of drug-likeness (QED) is 0.484. The number of nitrogens with one attached hydrogen (secondary N) is 1. The Morgan fingerprint density at radius 3 is 2.50 bits per heavy atom. The summed E-state index contributed by atoms with van der Waals surface area (Å²) in [5.74, 6) is 5.21. The van der Waals surface area contributed by atoms with Gasteiger partial charge in [0.05, 0.1) is 0 Å². The van der Waals surface area contributed by atoms with Gasteiger partial charge in [-0.25, -0.2) is 5.84 Å². The van der Waals surface area contributed by atoms with E-state index < -0.39 is 0 Å². The van der Waals surface area contributed by atoms with Gasteiger partial charge in [-0.1, -0.05) is 30.3 Å². The van der Waals surface area contributed by atoms with Crippen LogP contribution in [0.3, 0.4) is 0 Å². The summed E-state index contributed by atoms with van der Waals surface area (Å²) in [6.07, 6.45) is 2.16. The number of rotatable bonds is 4. The molecule has 0 radical (unpaired) electrons. The summed E-state index contributed by atoms with van der Waals surface area (Å²) in [6, 6.07) is 9.90. The Hall–Kier alpha value is -1.43. The van der Waals surface area contributed by atoms with Crippen LogP contribution < -0.4 is 11.3 Å². The van der Waals surface area contributed by atoms with Crippen molar-refractivity contribution in [1.82, 2.24) is 15.2 Å². The number of carbonyl (C=O) groups excluding carboxylic acids is 1. The molecule has 0 aliphatic carbocycles. The molecule has 0 saturated carbocycles. The van der Waals surface area contributed by atoms with E-state index in [1.807, 2.05) is 37.4 Å². The minimum absolute atomic E-state index is 0.155. The van der Waals surface area contributed by atoms with Crippen LogP contribution in [0.15, 0.2) is 30.3 Å². The smallest absolute Gasteiger partial charge is 0.255 e. The molecule has 1 aromatic carbocycles. The third-order valence-corrected chi connectivity index (χ3v) is 4.18. The molecule has 1 fully saturated rings. The highest BCUT2D eigenvalue weighted by atomic mass is 16.2. The number of carbonyl (C=O) groups is 1. The molecule has 0 spiro atoms. The topological polar surface area (TPSA) is 61.6 Å². The van der Waals surface area contributed by atoms with Crippen LogP contribution in [0.2, 0.25) is 0 Å². The number of nitrogens with two attached hydrogens (primary N) is 1. The predicted molar refractivity (Wildman–Crippen MR) is 79.8 cm³/mol. The van der Waals surface area contributed by atoms with E-state index in [1.54, 1.807) is 0 Å². The van der Waals surface area contributed by atoms with Crippen molar-refractivity contribution < 1.29 is 4.79 Å². The van der Waals surface area contributed by atoms with Gasteiger partial charge in [-0.15, -0.1) is 0 Å². The monoisotopic (exact) mass is 276 g/mol. The van der Waals surface area contributed by atoms with Gasteiger partial charge in [-0.05, 0) is 45.6 Å². The lowest BCUT2D eigenvalue weighted by Gasteiger charge is -2.38. The maximum absolute atomic E-state index is 12.2. The third kappa shape index (κ3) is 3.36. The molecule has 1 amide bonds. The van der Waals surface area contributed by atoms with Crippen LogP contribution >= 0.6 is 0 Å². The number of hydrazine groups is 1. The van der Waals surface area contributed by atoms with Crippen LogP contribution in [0.4, 0.5) is 0 Å². The second-order valence-corrected chi connectivity index (χ2v) is 5.52. The number of hydrogen-bond donors (Lipinski definition) is 2. The first-order valence-electron chi connectivity index (χ1n) is 7.09. The first kappa shape index (κ1) is 15.0. The molecule has 1 unspecified atom stereocenters. The number of nitrogens with zero attached hydrogens (tertiary/aromatic N) is 2. The number of amides is 1. The molecule has 1 atom stereocenters. The molecular weight excluding hydrogens is 252 g/mol. The Balaban J connectivity index is 2.16. The average molecular weight is 276 g/mol. The van der Waals surface area contributed by atoms with E-state index in [2.05, 4.69) is 22.3 Å². The maximum atomic E-state index is 12.2. The maximum Gasteiger partial charge on any atom is 0.255 e. The number of benzene rings is 1. The van der Waals surface area contributed by atoms with Gasteiger partial charge in [0.15, 0.2) is 0 Å². The molecule has 5 heteroatoms. The lowest BCUT2D eigenvalue weighted by molar-refractivity contribution is -0.127. The van der Waals surface area contributed by atoms with Gasteiger partial charge in [0.2, 0.25) is 0 Å². The summed E-state index contributed by atoms with van der Waals surface area (Å²) < 4.78 is 0. The largest absolute Gasteiger partial charge is 0.306 e. The average Bonchev–Trinajstić information content (AvgIpc) is 2.49. The lowest BCUT2D eigenvalue weighted by atomic mass is 9.98. The number of likely N-dealkylation sites (tertiary alicyclic amines) is 1. The molecule has 1 aliphatic rings. The van der Waals surface area contributed by atoms with Gasteiger partial charge in [-0.3, -0.25) is 15.1 Å². The van der Waals surface area contributed by atoms with Crippen LogP contribution in [0.1, 0.15) is 24.4 Å². The normalized spacial score (nSPS) is 19.0. The number of likely N-dealkylation sites (N-methyl/N-ethyl adjacent to an activating group) is 1. The van der Waals surface area contributed by atoms with Crippen LogP contribution in [0, 0.1) is 0 Å². The molecule has 110 valence electrons. The minimum Gasteiger partial charge on any atom is -0.306 e. The van der Waals surface area contributed by atoms with Gasteiger partial charge < -0.3 is 4.90 Å². The van der Waals surface area contributed by atoms with E-state index in [0.29, 0.717) is 6.04 Å². The van der Waals surface area contributed by atoms with Crippen LogP contribution in [0.5, 0.6) is 0 Å². The first-order chi connectivity index (χ1) is 9.63. The highest BCUT2D eigenvalue weighted by Crippen LogP contribution is 2.25. The molecule has 2 rings (SSSR count). The van der Waals surface area contributed by atoms with Crippen LogP contribution in [-0.2, 0) is 4.79 Å². The Labute approximate surface area is 120 Å². The van der Waals surface area contributed by atoms with Gasteiger partial charge in [-0.2, -0.15) is 0 Å². The molecule has 0 bridgehead atoms. The summed E-state index contributed by atoms with van der Waals surface area (Å²) in [6.45, 7) is 2.14. The van der Waals surface area contributed by atoms with Crippen molar-refractivity contribution >= 4 is 5.91 Å². The second kappa shape index (κ2) is 6.83. The van der Waals surface area contributed by atoms with Gasteiger partial charge >= 0.3 is 0 Å². The fourth-order valence-electron chi connectivity index (χ4n) is 2.90. The zero-order chi connectivity index (χ0) is 14.5. The van der Waals surface area contributed by atoms with Crippen molar-refractivity contribution in [3.8, 4) is 0 Å². The van der Waals surface area contributed by atoms with Gasteiger partial charge in [0.1, 0.15) is 6.04 Å². The molecule has 1 aromatic rings. The summed E-state index contributed by atoms with van der Waals surface area (Å²) in [7, 11) is 4.15. The van der Waals surface area contributed by atoms with E-state index in [4.69, 9.17) is 5.84 Å². The van der Waals surface area contributed by atoms with Crippen LogP contribution in [-0.4, -0.2) is 48.9 Å². The standard InChI is InChI=1S/C15H24N4O/c1-18-10-8-13(9-11-18)19(2)14(15(20)17-16)12-6-4-3-5-7-12/h3-7,13-14H,8-11,16H2,1-2H3,(H,17,20). The summed E-state index contributed by atoms with van der Waals surface area (Å²) in [5, 5.41) is 0. The van der Waals surface area contributed by atoms with Gasteiger partial charge in [0.25, 0.3) is 5.91 Å². The molecular formula is C15H24N4O. The molecule has 0 aromatic heterocycles. The molecule has 1 heterocycles. The van der Waals surface area contributed by atoms with E-state index in [-0.39, 0.29) is 11.9 Å². The zero-order valence-corrected chi connectivity index (χ0v) is 12.2. The highest BCUT2D eigenvalue weighted by molar-refractivity contribution is 5.82. The summed E-state index contributed by atoms with van der Waals surface area (Å²) in [5.41, 5.74) is 3.28. The Bertz CT molecular complexity index is 429. The van der Waals surface area contributed by atoms with Crippen molar-refractivity contribution in [2.24, 2.45) is 5.84 Å². The molecule has 1 saturated heterocycles. The van der Waals surface area contributed by atoms with Crippen molar-refractivity contribution in [3.05, 3.63) is 35.9 Å². The first-order valence-corrected chi connectivity index (χ1v) is 7.09. The Morgan fingerprint density at radius 1 is 1.35 bits per heavy atom. The molecule has 1 aliphatic heterocycles. The van der Waals surface area contributed by atoms with Crippen molar-refractivity contribution in [2.75, 3.05) is 27.2 Å². The van der Waals surface area contributed by atoms with E-state index >= 15 is 0 Å². The molecule has 5 nitrogen and oxygen atoms in total. The molecule has 3 N–H and O–H groups in total. The van der Waals surface area contributed by atoms with Crippen molar-refractivity contribution in [1.29, 1.82) is 0 Å². The van der Waals surface area contributed by atoms with Crippen molar-refractivity contribution in [3.63, 3.8) is 0 Å². The van der Waals surface area contributed by atoms with Gasteiger partial charge in [0, 0.05) is 6.04 Å². The SMILES string of the molecule is CN1CCC(N(C)C(C(=O)NN)c2ccccc2)CC1. The Kier molecular flexibility index (Phi) is 5.11. The van der Waals surface area contributed by atoms with Crippen molar-refractivity contribution in [2.45, 2.75) is 24.9 Å². The number of piperidine rings is 1. The fourth-order valence-corrected chi connectivity index (χ4v) is 2.90. The summed E-state index contributed by atoms with van der Waals surface area (Å²) >= 11 is 0. The predicted octanol–water partition coefficient (Wildman–Crippen LogP) is 0.744. The van der Waals surface area contributed by atoms with E-state index in [9.17, 15) is 4.79 Å². The molecule has 20 heavy (non-hydrogen) atoms. The zero-order valence-electron chi connectivity index (χ0n) is 12.2. The Morgan fingerprint density at radius 2 is 1.95 bits per heavy atom. The van der Waals surface area contributed by atoms with Crippen LogP contribution in [0.25, 0.3) is 0 Å². The second-order valence-electron chi connectivity index (χ2n) is 5.52. The summed E-state index contributed by atoms with van der Waals surface area (Å²) in [4.78, 5) is 16.7. The van der Waals surface area contributed by atoms with E-state index in [0.717, 1.165) is 31.5 Å². The van der Waals surface area contributed by atoms with E-state index in [1.165, 1.54) is 0 Å². The lowest BCUT2D eigenvalue weighted by Crippen LogP contribution is -2.48. The highest BCUT2D eigenvalue weighted by Gasteiger charge is 2.31.